The second kappa shape index (κ2) is 5.46. The molecule has 0 aliphatic rings. The van der Waals surface area contributed by atoms with E-state index in [4.69, 9.17) is 0 Å². The van der Waals surface area contributed by atoms with Crippen LogP contribution in [0.3, 0.4) is 0 Å². The number of aliphatic hydroxyl groups is 1. The van der Waals surface area contributed by atoms with Crippen LogP contribution in [-0.4, -0.2) is 20.8 Å². The van der Waals surface area contributed by atoms with Crippen molar-refractivity contribution in [3.63, 3.8) is 0 Å². The number of hydrogen-bond acceptors (Lipinski definition) is 2. The highest BCUT2D eigenvalue weighted by Gasteiger charge is 1.99. The van der Waals surface area contributed by atoms with Gasteiger partial charge in [0.15, 0.2) is 0 Å². The van der Waals surface area contributed by atoms with Crippen LogP contribution in [-0.2, 0) is 6.54 Å². The molecule has 1 heterocycles. The third-order valence-corrected chi connectivity index (χ3v) is 2.55. The zero-order valence-corrected chi connectivity index (χ0v) is 9.82. The van der Waals surface area contributed by atoms with Gasteiger partial charge in [-0.1, -0.05) is 42.0 Å². The van der Waals surface area contributed by atoms with Crippen LogP contribution in [0.2, 0.25) is 0 Å². The molecule has 17 heavy (non-hydrogen) atoms. The van der Waals surface area contributed by atoms with Gasteiger partial charge in [0.1, 0.15) is 0 Å². The first-order valence-electron chi connectivity index (χ1n) is 5.63. The summed E-state index contributed by atoms with van der Waals surface area (Å²) in [4.78, 5) is 3.93. The van der Waals surface area contributed by atoms with Crippen molar-refractivity contribution in [3.8, 4) is 0 Å². The Kier molecular flexibility index (Phi) is 3.73. The summed E-state index contributed by atoms with van der Waals surface area (Å²) in [6, 6.07) is 8.19. The van der Waals surface area contributed by atoms with Gasteiger partial charge in [0.2, 0.25) is 0 Å². The fourth-order valence-corrected chi connectivity index (χ4v) is 1.57. The van der Waals surface area contributed by atoms with Gasteiger partial charge in [-0.2, -0.15) is 0 Å². The Morgan fingerprint density at radius 1 is 1.35 bits per heavy atom. The second-order valence-electron chi connectivity index (χ2n) is 4.10. The molecular weight excluding hydrogens is 212 g/mol. The van der Waals surface area contributed by atoms with Crippen molar-refractivity contribution in [1.82, 2.24) is 9.55 Å². The molecule has 0 saturated heterocycles. The van der Waals surface area contributed by atoms with Crippen molar-refractivity contribution >= 4 is 6.08 Å². The lowest BCUT2D eigenvalue weighted by molar-refractivity contribution is 0.202. The molecule has 0 aliphatic heterocycles. The maximum absolute atomic E-state index is 9.80. The predicted molar refractivity (Wildman–Crippen MR) is 68.4 cm³/mol. The zero-order chi connectivity index (χ0) is 12.1. The van der Waals surface area contributed by atoms with E-state index in [2.05, 4.69) is 24.0 Å². The molecule has 3 nitrogen and oxygen atoms in total. The molecule has 1 atom stereocenters. The molecule has 0 amide bonds. The summed E-state index contributed by atoms with van der Waals surface area (Å²) >= 11 is 0. The van der Waals surface area contributed by atoms with Crippen LogP contribution in [0.4, 0.5) is 0 Å². The number of nitrogens with zero attached hydrogens (tertiary/aromatic N) is 2. The number of aromatic nitrogens is 2. The molecule has 2 rings (SSSR count). The Labute approximate surface area is 101 Å². The van der Waals surface area contributed by atoms with E-state index in [0.717, 1.165) is 5.56 Å². The molecule has 0 fully saturated rings. The van der Waals surface area contributed by atoms with Gasteiger partial charge in [-0.15, -0.1) is 0 Å². The van der Waals surface area contributed by atoms with Crippen LogP contribution in [0.15, 0.2) is 49.1 Å². The van der Waals surface area contributed by atoms with E-state index in [9.17, 15) is 5.11 Å². The molecule has 1 unspecified atom stereocenters. The van der Waals surface area contributed by atoms with Crippen molar-refractivity contribution in [2.24, 2.45) is 0 Å². The predicted octanol–water partition coefficient (Wildman–Crippen LogP) is 2.27. The number of benzene rings is 1. The maximum atomic E-state index is 9.80. The van der Waals surface area contributed by atoms with Crippen LogP contribution >= 0.6 is 0 Å². The summed E-state index contributed by atoms with van der Waals surface area (Å²) in [6.45, 7) is 2.59. The third-order valence-electron chi connectivity index (χ3n) is 2.55. The first kappa shape index (κ1) is 11.6. The largest absolute Gasteiger partial charge is 0.387 e. The summed E-state index contributed by atoms with van der Waals surface area (Å²) in [7, 11) is 0. The molecule has 1 N–H and O–H groups in total. The summed E-state index contributed by atoms with van der Waals surface area (Å²) in [5.41, 5.74) is 2.33. The number of hydrogen-bond donors (Lipinski definition) is 1. The van der Waals surface area contributed by atoms with E-state index < -0.39 is 6.10 Å². The molecule has 2 aromatic rings. The standard InChI is InChI=1S/C14H16N2O/c1-12-2-4-13(5-3-12)6-7-14(17)10-16-9-8-15-11-16/h2-9,11,14,17H,10H2,1H3. The first-order chi connectivity index (χ1) is 8.24. The van der Waals surface area contributed by atoms with Gasteiger partial charge in [-0.25, -0.2) is 4.98 Å². The van der Waals surface area contributed by atoms with Gasteiger partial charge in [-0.05, 0) is 12.5 Å². The van der Waals surface area contributed by atoms with Gasteiger partial charge in [-0.3, -0.25) is 0 Å². The lowest BCUT2D eigenvalue weighted by Crippen LogP contribution is -2.11. The van der Waals surface area contributed by atoms with Crippen molar-refractivity contribution in [3.05, 3.63) is 60.2 Å². The van der Waals surface area contributed by atoms with Crippen LogP contribution in [0.25, 0.3) is 6.08 Å². The lowest BCUT2D eigenvalue weighted by atomic mass is 10.1. The highest BCUT2D eigenvalue weighted by molar-refractivity contribution is 5.50. The molecule has 0 aliphatic carbocycles. The summed E-state index contributed by atoms with van der Waals surface area (Å²) in [5.74, 6) is 0. The third kappa shape index (κ3) is 3.57. The minimum absolute atomic E-state index is 0.495. The first-order valence-corrected chi connectivity index (χ1v) is 5.63. The van der Waals surface area contributed by atoms with E-state index in [1.165, 1.54) is 5.56 Å². The Morgan fingerprint density at radius 3 is 2.76 bits per heavy atom. The van der Waals surface area contributed by atoms with Crippen molar-refractivity contribution in [2.45, 2.75) is 19.6 Å². The summed E-state index contributed by atoms with van der Waals surface area (Å²) in [6.07, 6.45) is 8.47. The van der Waals surface area contributed by atoms with Crippen LogP contribution in [0.1, 0.15) is 11.1 Å². The Bertz CT molecular complexity index is 471. The number of imidazole rings is 1. The van der Waals surface area contributed by atoms with Crippen molar-refractivity contribution in [1.29, 1.82) is 0 Å². The van der Waals surface area contributed by atoms with Crippen molar-refractivity contribution in [2.75, 3.05) is 0 Å². The summed E-state index contributed by atoms with van der Waals surface area (Å²) in [5, 5.41) is 9.80. The topological polar surface area (TPSA) is 38.0 Å². The number of aliphatic hydroxyl groups excluding tert-OH is 1. The number of rotatable bonds is 4. The van der Waals surface area contributed by atoms with Crippen molar-refractivity contribution < 1.29 is 5.11 Å². The van der Waals surface area contributed by atoms with E-state index in [-0.39, 0.29) is 0 Å². The van der Waals surface area contributed by atoms with Crippen LogP contribution in [0, 0.1) is 6.92 Å². The fraction of sp³-hybridized carbons (Fsp3) is 0.214. The minimum Gasteiger partial charge on any atom is -0.387 e. The molecule has 3 heteroatoms. The molecule has 0 radical (unpaired) electrons. The fourth-order valence-electron chi connectivity index (χ4n) is 1.57. The molecular formula is C14H16N2O. The lowest BCUT2D eigenvalue weighted by Gasteiger charge is -2.05. The van der Waals surface area contributed by atoms with E-state index >= 15 is 0 Å². The van der Waals surface area contributed by atoms with E-state index in [0.29, 0.717) is 6.54 Å². The highest BCUT2D eigenvalue weighted by atomic mass is 16.3. The van der Waals surface area contributed by atoms with E-state index in [1.807, 2.05) is 29.0 Å². The second-order valence-corrected chi connectivity index (χ2v) is 4.10. The van der Waals surface area contributed by atoms with Gasteiger partial charge < -0.3 is 9.67 Å². The average molecular weight is 228 g/mol. The minimum atomic E-state index is -0.495. The van der Waals surface area contributed by atoms with Crippen LogP contribution < -0.4 is 0 Å². The zero-order valence-electron chi connectivity index (χ0n) is 9.82. The summed E-state index contributed by atoms with van der Waals surface area (Å²) < 4.78 is 1.85. The Morgan fingerprint density at radius 2 is 2.12 bits per heavy atom. The number of aryl methyl sites for hydroxylation is 1. The van der Waals surface area contributed by atoms with Crippen LogP contribution in [0.5, 0.6) is 0 Å². The van der Waals surface area contributed by atoms with Gasteiger partial charge in [0.05, 0.1) is 19.0 Å². The monoisotopic (exact) mass is 228 g/mol. The smallest absolute Gasteiger partial charge is 0.0946 e. The molecule has 1 aromatic carbocycles. The molecule has 1 aromatic heterocycles. The molecule has 0 bridgehead atoms. The van der Waals surface area contributed by atoms with Gasteiger partial charge in [0, 0.05) is 12.4 Å². The van der Waals surface area contributed by atoms with E-state index in [1.54, 1.807) is 18.6 Å². The Balaban J connectivity index is 1.93. The molecule has 0 spiro atoms. The average Bonchev–Trinajstić information content (AvgIpc) is 2.81. The normalized spacial score (nSPS) is 13.1. The molecule has 0 saturated carbocycles. The van der Waals surface area contributed by atoms with Gasteiger partial charge >= 0.3 is 0 Å². The quantitative estimate of drug-likeness (QED) is 0.871. The SMILES string of the molecule is Cc1ccc(C=CC(O)Cn2ccnc2)cc1. The molecule has 88 valence electrons. The van der Waals surface area contributed by atoms with Gasteiger partial charge in [0.25, 0.3) is 0 Å². The maximum Gasteiger partial charge on any atom is 0.0946 e. The highest BCUT2D eigenvalue weighted by Crippen LogP contribution is 2.06. The Hall–Kier alpha value is -1.87.